The highest BCUT2D eigenvalue weighted by Crippen LogP contribution is 2.61. The molecule has 172 valence electrons. The average molecular weight is 471 g/mol. The maximum absolute atomic E-state index is 14.4. The largest absolute Gasteiger partial charge is 0.497 e. The zero-order valence-corrected chi connectivity index (χ0v) is 20.0. The van der Waals surface area contributed by atoms with Gasteiger partial charge in [0.25, 0.3) is 0 Å². The van der Waals surface area contributed by atoms with Crippen LogP contribution in [0.25, 0.3) is 0 Å². The van der Waals surface area contributed by atoms with Gasteiger partial charge in [0.15, 0.2) is 5.78 Å². The summed E-state index contributed by atoms with van der Waals surface area (Å²) < 4.78 is 5.55. The number of rotatable bonds is 4. The van der Waals surface area contributed by atoms with E-state index in [9.17, 15) is 9.59 Å². The van der Waals surface area contributed by atoms with Gasteiger partial charge in [0.2, 0.25) is 5.91 Å². The predicted octanol–water partition coefficient (Wildman–Crippen LogP) is 4.82. The first-order chi connectivity index (χ1) is 16.6. The van der Waals surface area contributed by atoms with E-state index in [1.807, 2.05) is 79.3 Å². The quantitative estimate of drug-likeness (QED) is 0.554. The Labute approximate surface area is 203 Å². The molecule has 3 aromatic carbocycles. The third-order valence-corrected chi connectivity index (χ3v) is 8.67. The van der Waals surface area contributed by atoms with Crippen molar-refractivity contribution in [1.82, 2.24) is 4.90 Å². The maximum atomic E-state index is 14.4. The first-order valence-electron chi connectivity index (χ1n) is 11.6. The third-order valence-electron chi connectivity index (χ3n) is 7.63. The van der Waals surface area contributed by atoms with Crippen LogP contribution in [0.15, 0.2) is 72.8 Å². The molecule has 0 bridgehead atoms. The van der Waals surface area contributed by atoms with Gasteiger partial charge in [-0.15, -0.1) is 11.8 Å². The molecule has 3 aliphatic heterocycles. The Balaban J connectivity index is 1.62. The Bertz CT molecular complexity index is 1280. The Morgan fingerprint density at radius 2 is 1.85 bits per heavy atom. The van der Waals surface area contributed by atoms with Crippen LogP contribution in [0.3, 0.4) is 0 Å². The number of ether oxygens (including phenoxy) is 1. The highest BCUT2D eigenvalue weighted by Gasteiger charge is 2.69. The van der Waals surface area contributed by atoms with Gasteiger partial charge < -0.3 is 10.1 Å². The van der Waals surface area contributed by atoms with Crippen LogP contribution >= 0.6 is 11.8 Å². The molecular weight excluding hydrogens is 444 g/mol. The third kappa shape index (κ3) is 2.91. The van der Waals surface area contributed by atoms with E-state index >= 15 is 0 Å². The lowest BCUT2D eigenvalue weighted by Gasteiger charge is -2.36. The van der Waals surface area contributed by atoms with E-state index in [1.165, 1.54) is 0 Å². The van der Waals surface area contributed by atoms with Crippen molar-refractivity contribution in [1.29, 1.82) is 0 Å². The van der Waals surface area contributed by atoms with Crippen LogP contribution in [0.4, 0.5) is 5.69 Å². The number of carbonyl (C=O) groups is 2. The van der Waals surface area contributed by atoms with Gasteiger partial charge in [0.05, 0.1) is 13.0 Å². The summed E-state index contributed by atoms with van der Waals surface area (Å²) in [5.74, 6) is 1.50. The van der Waals surface area contributed by atoms with Crippen molar-refractivity contribution >= 4 is 29.1 Å². The number of aryl methyl sites for hydroxylation is 1. The minimum absolute atomic E-state index is 0.0130. The van der Waals surface area contributed by atoms with E-state index in [0.717, 1.165) is 28.1 Å². The van der Waals surface area contributed by atoms with Crippen LogP contribution in [0.5, 0.6) is 5.75 Å². The standard InChI is InChI=1S/C28H26N2O3S/c1-17-8-10-19(11-9-17)26(31)25-24(18-6-4-3-5-7-18)23-15-34-16-30(23)28(25)21-14-20(33-2)12-13-22(21)29-27(28)32/h3-14,23-25H,15-16H2,1-2H3,(H,29,32)/t23?,24?,25?,28-/m1/s1. The van der Waals surface area contributed by atoms with Gasteiger partial charge in [0, 0.05) is 40.4 Å². The zero-order valence-electron chi connectivity index (χ0n) is 19.2. The molecule has 0 aliphatic carbocycles. The van der Waals surface area contributed by atoms with Crippen LogP contribution in [0.1, 0.15) is 33.0 Å². The van der Waals surface area contributed by atoms with Crippen molar-refractivity contribution in [3.8, 4) is 5.75 Å². The van der Waals surface area contributed by atoms with Crippen molar-refractivity contribution in [2.75, 3.05) is 24.1 Å². The number of nitrogens with one attached hydrogen (secondary N) is 1. The number of thioether (sulfide) groups is 1. The van der Waals surface area contributed by atoms with E-state index in [2.05, 4.69) is 22.3 Å². The van der Waals surface area contributed by atoms with Crippen molar-refractivity contribution < 1.29 is 14.3 Å². The second-order valence-corrected chi connectivity index (χ2v) is 10.3. The summed E-state index contributed by atoms with van der Waals surface area (Å²) >= 11 is 1.83. The monoisotopic (exact) mass is 470 g/mol. The van der Waals surface area contributed by atoms with Gasteiger partial charge in [-0.25, -0.2) is 0 Å². The highest BCUT2D eigenvalue weighted by atomic mass is 32.2. The molecule has 4 atom stereocenters. The summed E-state index contributed by atoms with van der Waals surface area (Å²) in [6.45, 7) is 2.01. The SMILES string of the molecule is COc1ccc2c(c1)[C@]1(C(=O)N2)C(C(=O)c2ccc(C)cc2)C(c2ccccc2)C2CSCN21. The number of anilines is 1. The summed E-state index contributed by atoms with van der Waals surface area (Å²) in [4.78, 5) is 30.7. The van der Waals surface area contributed by atoms with E-state index in [4.69, 9.17) is 4.74 Å². The van der Waals surface area contributed by atoms with Crippen LogP contribution in [-0.2, 0) is 10.3 Å². The summed E-state index contributed by atoms with van der Waals surface area (Å²) in [5, 5.41) is 3.11. The molecule has 3 unspecified atom stereocenters. The molecule has 0 aromatic heterocycles. The molecule has 3 aliphatic rings. The molecule has 5 nitrogen and oxygen atoms in total. The molecule has 0 saturated carbocycles. The molecule has 3 heterocycles. The topological polar surface area (TPSA) is 58.6 Å². The number of amides is 1. The minimum Gasteiger partial charge on any atom is -0.497 e. The first kappa shape index (κ1) is 21.4. The number of nitrogens with zero attached hydrogens (tertiary/aromatic N) is 1. The number of benzene rings is 3. The second-order valence-electron chi connectivity index (χ2n) is 9.31. The van der Waals surface area contributed by atoms with Crippen LogP contribution in [0, 0.1) is 12.8 Å². The van der Waals surface area contributed by atoms with Gasteiger partial charge in [-0.2, -0.15) is 0 Å². The summed E-state index contributed by atoms with van der Waals surface area (Å²) in [5.41, 5.74) is 3.37. The Kier molecular flexibility index (Phi) is 5.04. The number of Topliss-reactive ketones (excluding diaryl/α,β-unsaturated/α-hetero) is 1. The number of ketones is 1. The lowest BCUT2D eigenvalue weighted by molar-refractivity contribution is -0.127. The number of carbonyl (C=O) groups excluding carboxylic acids is 2. The van der Waals surface area contributed by atoms with Crippen molar-refractivity contribution in [2.24, 2.45) is 5.92 Å². The fourth-order valence-corrected chi connectivity index (χ4v) is 7.45. The van der Waals surface area contributed by atoms with Crippen LogP contribution < -0.4 is 10.1 Å². The van der Waals surface area contributed by atoms with Crippen LogP contribution in [-0.4, -0.2) is 41.4 Å². The average Bonchev–Trinajstić information content (AvgIpc) is 3.52. The first-order valence-corrected chi connectivity index (χ1v) is 12.7. The molecule has 2 saturated heterocycles. The molecule has 34 heavy (non-hydrogen) atoms. The van der Waals surface area contributed by atoms with E-state index in [0.29, 0.717) is 17.2 Å². The van der Waals surface area contributed by atoms with Gasteiger partial charge in [0.1, 0.15) is 11.3 Å². The van der Waals surface area contributed by atoms with Gasteiger partial charge >= 0.3 is 0 Å². The Hall–Kier alpha value is -3.09. The number of methoxy groups -OCH3 is 1. The van der Waals surface area contributed by atoms with Crippen molar-refractivity contribution in [3.05, 3.63) is 95.1 Å². The molecule has 6 rings (SSSR count). The highest BCUT2D eigenvalue weighted by molar-refractivity contribution is 7.99. The number of hydrogen-bond donors (Lipinski definition) is 1. The molecule has 2 fully saturated rings. The van der Waals surface area contributed by atoms with Crippen molar-refractivity contribution in [3.63, 3.8) is 0 Å². The normalized spacial score (nSPS) is 27.5. The van der Waals surface area contributed by atoms with E-state index < -0.39 is 11.5 Å². The molecule has 6 heteroatoms. The van der Waals surface area contributed by atoms with Gasteiger partial charge in [-0.3, -0.25) is 14.5 Å². The second kappa shape index (κ2) is 8.00. The van der Waals surface area contributed by atoms with Gasteiger partial charge in [-0.05, 0) is 30.7 Å². The maximum Gasteiger partial charge on any atom is 0.250 e. The van der Waals surface area contributed by atoms with E-state index in [1.54, 1.807) is 7.11 Å². The minimum atomic E-state index is -1.08. The summed E-state index contributed by atoms with van der Waals surface area (Å²) in [6.07, 6.45) is 0. The fraction of sp³-hybridized carbons (Fsp3) is 0.286. The molecule has 0 radical (unpaired) electrons. The predicted molar refractivity (Wildman–Crippen MR) is 134 cm³/mol. The summed E-state index contributed by atoms with van der Waals surface area (Å²) in [6, 6.07) is 23.7. The Morgan fingerprint density at radius 3 is 2.59 bits per heavy atom. The smallest absolute Gasteiger partial charge is 0.250 e. The molecule has 1 amide bonds. The number of fused-ring (bicyclic) bond motifs is 4. The molecular formula is C28H26N2O3S. The molecule has 1 N–H and O–H groups in total. The fourth-order valence-electron chi connectivity index (χ4n) is 6.13. The van der Waals surface area contributed by atoms with Crippen LogP contribution in [0.2, 0.25) is 0 Å². The lowest BCUT2D eigenvalue weighted by atomic mass is 9.69. The molecule has 1 spiro atoms. The number of hydrogen-bond acceptors (Lipinski definition) is 5. The summed E-state index contributed by atoms with van der Waals surface area (Å²) in [7, 11) is 1.63. The Morgan fingerprint density at radius 1 is 1.09 bits per heavy atom. The molecule has 3 aromatic rings. The van der Waals surface area contributed by atoms with E-state index in [-0.39, 0.29) is 23.7 Å². The van der Waals surface area contributed by atoms with Crippen molar-refractivity contribution in [2.45, 2.75) is 24.4 Å². The zero-order chi connectivity index (χ0) is 23.4. The lowest BCUT2D eigenvalue weighted by Crippen LogP contribution is -2.52. The van der Waals surface area contributed by atoms with Gasteiger partial charge in [-0.1, -0.05) is 60.2 Å².